The number of amides is 1. The molecule has 1 aromatic rings. The summed E-state index contributed by atoms with van der Waals surface area (Å²) in [6.45, 7) is 3.93. The van der Waals surface area contributed by atoms with E-state index in [9.17, 15) is 13.2 Å². The van der Waals surface area contributed by atoms with E-state index in [1.807, 2.05) is 32.0 Å². The molecule has 2 rings (SSSR count). The quantitative estimate of drug-likeness (QED) is 0.704. The van der Waals surface area contributed by atoms with Crippen molar-refractivity contribution in [3.63, 3.8) is 0 Å². The number of carbonyl (C=O) groups excluding carboxylic acids is 1. The zero-order chi connectivity index (χ0) is 16.9. The van der Waals surface area contributed by atoms with E-state index in [-0.39, 0.29) is 22.1 Å². The number of nitrogens with zero attached hydrogens (tertiary/aromatic N) is 2. The van der Waals surface area contributed by atoms with Crippen molar-refractivity contribution in [2.45, 2.75) is 44.8 Å². The maximum absolute atomic E-state index is 12.5. The molecule has 1 amide bonds. The van der Waals surface area contributed by atoms with E-state index in [0.29, 0.717) is 18.5 Å². The first-order valence-corrected chi connectivity index (χ1v) is 10.4. The fraction of sp³-hybridized carbons (Fsp3) is 0.500. The molecule has 0 bridgehead atoms. The maximum Gasteiger partial charge on any atom is 0.255 e. The number of thioether (sulfide) groups is 1. The Hall–Kier alpha value is -1.34. The first kappa shape index (κ1) is 18.0. The average Bonchev–Trinajstić information content (AvgIpc) is 2.83. The van der Waals surface area contributed by atoms with Gasteiger partial charge in [-0.25, -0.2) is 8.42 Å². The van der Waals surface area contributed by atoms with Gasteiger partial charge >= 0.3 is 0 Å². The highest BCUT2D eigenvalue weighted by Crippen LogP contribution is 2.33. The van der Waals surface area contributed by atoms with Crippen LogP contribution in [0.5, 0.6) is 0 Å². The first-order valence-electron chi connectivity index (χ1n) is 7.86. The lowest BCUT2D eigenvalue weighted by molar-refractivity contribution is -0.116. The first-order chi connectivity index (χ1) is 11.0. The van der Waals surface area contributed by atoms with E-state index < -0.39 is 10.0 Å². The Morgan fingerprint density at radius 3 is 2.48 bits per heavy atom. The van der Waals surface area contributed by atoms with Crippen LogP contribution >= 0.6 is 11.8 Å². The monoisotopic (exact) mass is 354 g/mol. The molecule has 1 aliphatic rings. The van der Waals surface area contributed by atoms with Gasteiger partial charge in [0.25, 0.3) is 10.0 Å². The van der Waals surface area contributed by atoms with Crippen LogP contribution in [0.25, 0.3) is 0 Å². The second-order valence-corrected chi connectivity index (χ2v) is 8.32. The normalized spacial score (nSPS) is 20.4. The second kappa shape index (κ2) is 7.97. The van der Waals surface area contributed by atoms with E-state index in [0.717, 1.165) is 12.8 Å². The summed E-state index contributed by atoms with van der Waals surface area (Å²) >= 11 is 1.24. The van der Waals surface area contributed by atoms with E-state index >= 15 is 0 Å². The van der Waals surface area contributed by atoms with Crippen LogP contribution < -0.4 is 4.90 Å². The van der Waals surface area contributed by atoms with E-state index in [1.54, 1.807) is 12.1 Å². The van der Waals surface area contributed by atoms with Crippen LogP contribution in [-0.4, -0.2) is 30.5 Å². The Morgan fingerprint density at radius 1 is 1.17 bits per heavy atom. The molecule has 1 saturated heterocycles. The van der Waals surface area contributed by atoms with Gasteiger partial charge in [0.1, 0.15) is 0 Å². The third kappa shape index (κ3) is 4.57. The zero-order valence-corrected chi connectivity index (χ0v) is 15.1. The number of rotatable bonds is 7. The summed E-state index contributed by atoms with van der Waals surface area (Å²) in [7, 11) is -3.56. The summed E-state index contributed by atoms with van der Waals surface area (Å²) in [6.07, 6.45) is 3.04. The summed E-state index contributed by atoms with van der Waals surface area (Å²) < 4.78 is 28.3. The SMILES string of the molecule is CCCCCS(=O)(=O)N=C1SC(CC)C(=O)N1c1ccccc1. The predicted octanol–water partition coefficient (Wildman–Crippen LogP) is 3.42. The molecular weight excluding hydrogens is 332 g/mol. The minimum Gasteiger partial charge on any atom is -0.273 e. The molecule has 1 unspecified atom stereocenters. The molecule has 0 radical (unpaired) electrons. The molecule has 23 heavy (non-hydrogen) atoms. The van der Waals surface area contributed by atoms with Crippen molar-refractivity contribution in [1.82, 2.24) is 0 Å². The molecule has 1 heterocycles. The van der Waals surface area contributed by atoms with Crippen LogP contribution in [0.1, 0.15) is 39.5 Å². The summed E-state index contributed by atoms with van der Waals surface area (Å²) in [5, 5.41) is -0.00986. The minimum absolute atomic E-state index is 0.0263. The molecule has 0 saturated carbocycles. The van der Waals surface area contributed by atoms with Crippen molar-refractivity contribution in [1.29, 1.82) is 0 Å². The molecule has 5 nitrogen and oxygen atoms in total. The number of carbonyl (C=O) groups is 1. The summed E-state index contributed by atoms with van der Waals surface area (Å²) in [6, 6.07) is 9.07. The zero-order valence-electron chi connectivity index (χ0n) is 13.4. The number of hydrogen-bond donors (Lipinski definition) is 0. The van der Waals surface area contributed by atoms with Gasteiger partial charge < -0.3 is 0 Å². The summed E-state index contributed by atoms with van der Waals surface area (Å²) in [5.74, 6) is -0.0791. The Bertz CT molecular complexity index is 672. The number of hydrogen-bond acceptors (Lipinski definition) is 4. The van der Waals surface area contributed by atoms with E-state index in [2.05, 4.69) is 4.40 Å². The van der Waals surface area contributed by atoms with Gasteiger partial charge in [-0.15, -0.1) is 4.40 Å². The standard InChI is InChI=1S/C16H22N2O3S2/c1-3-5-9-12-23(20,21)17-16-18(13-10-7-6-8-11-13)15(19)14(4-2)22-16/h6-8,10-11,14H,3-5,9,12H2,1-2H3. The number of anilines is 1. The molecule has 0 spiro atoms. The highest BCUT2D eigenvalue weighted by atomic mass is 32.2. The number of sulfonamides is 1. The fourth-order valence-corrected chi connectivity index (χ4v) is 4.72. The molecule has 0 aliphatic carbocycles. The van der Waals surface area contributed by atoms with Gasteiger partial charge in [0.05, 0.1) is 16.7 Å². The van der Waals surface area contributed by atoms with Gasteiger partial charge in [-0.3, -0.25) is 9.69 Å². The molecular formula is C16H22N2O3S2. The van der Waals surface area contributed by atoms with Crippen LogP contribution in [0.4, 0.5) is 5.69 Å². The highest BCUT2D eigenvalue weighted by molar-refractivity contribution is 8.16. The van der Waals surface area contributed by atoms with Crippen LogP contribution in [0.2, 0.25) is 0 Å². The van der Waals surface area contributed by atoms with Crippen molar-refractivity contribution >= 4 is 38.5 Å². The van der Waals surface area contributed by atoms with Crippen LogP contribution in [0.15, 0.2) is 34.7 Å². The molecule has 1 atom stereocenters. The molecule has 0 N–H and O–H groups in total. The maximum atomic E-state index is 12.5. The number of benzene rings is 1. The van der Waals surface area contributed by atoms with Crippen molar-refractivity contribution in [2.24, 2.45) is 4.40 Å². The number of amidine groups is 1. The lowest BCUT2D eigenvalue weighted by Gasteiger charge is -2.16. The Kier molecular flexibility index (Phi) is 6.24. The molecule has 1 aliphatic heterocycles. The Morgan fingerprint density at radius 2 is 1.87 bits per heavy atom. The van der Waals surface area contributed by atoms with E-state index in [4.69, 9.17) is 0 Å². The lowest BCUT2D eigenvalue weighted by Crippen LogP contribution is -2.32. The molecule has 1 fully saturated rings. The molecule has 0 aromatic heterocycles. The number of para-hydroxylation sites is 1. The Balaban J connectivity index is 2.30. The summed E-state index contributed by atoms with van der Waals surface area (Å²) in [5.41, 5.74) is 0.656. The molecule has 126 valence electrons. The van der Waals surface area contributed by atoms with Crippen molar-refractivity contribution in [2.75, 3.05) is 10.7 Å². The minimum atomic E-state index is -3.56. The van der Waals surface area contributed by atoms with E-state index in [1.165, 1.54) is 16.7 Å². The third-order valence-corrected chi connectivity index (χ3v) is 6.22. The third-order valence-electron chi connectivity index (χ3n) is 3.54. The average molecular weight is 354 g/mol. The van der Waals surface area contributed by atoms with Crippen molar-refractivity contribution < 1.29 is 13.2 Å². The predicted molar refractivity (Wildman–Crippen MR) is 96.3 cm³/mol. The largest absolute Gasteiger partial charge is 0.273 e. The van der Waals surface area contributed by atoms with Gasteiger partial charge in [0.2, 0.25) is 5.91 Å². The van der Waals surface area contributed by atoms with Gasteiger partial charge in [0, 0.05) is 0 Å². The highest BCUT2D eigenvalue weighted by Gasteiger charge is 2.38. The number of unbranched alkanes of at least 4 members (excludes halogenated alkanes) is 2. The molecule has 1 aromatic carbocycles. The molecule has 7 heteroatoms. The van der Waals surface area contributed by atoms with Crippen LogP contribution in [0, 0.1) is 0 Å². The van der Waals surface area contributed by atoms with Crippen LogP contribution in [-0.2, 0) is 14.8 Å². The van der Waals surface area contributed by atoms with Crippen molar-refractivity contribution in [3.05, 3.63) is 30.3 Å². The topological polar surface area (TPSA) is 66.8 Å². The second-order valence-electron chi connectivity index (χ2n) is 5.39. The van der Waals surface area contributed by atoms with Crippen LogP contribution in [0.3, 0.4) is 0 Å². The smallest absolute Gasteiger partial charge is 0.255 e. The van der Waals surface area contributed by atoms with Gasteiger partial charge in [-0.05, 0) is 25.0 Å². The van der Waals surface area contributed by atoms with Gasteiger partial charge in [-0.2, -0.15) is 0 Å². The Labute approximate surface area is 142 Å². The van der Waals surface area contributed by atoms with Crippen molar-refractivity contribution in [3.8, 4) is 0 Å². The van der Waals surface area contributed by atoms with Gasteiger partial charge in [0.15, 0.2) is 5.17 Å². The summed E-state index contributed by atoms with van der Waals surface area (Å²) in [4.78, 5) is 13.9. The van der Waals surface area contributed by atoms with Gasteiger partial charge in [-0.1, -0.05) is 56.7 Å². The lowest BCUT2D eigenvalue weighted by atomic mass is 10.2. The fourth-order valence-electron chi connectivity index (χ4n) is 2.30.